The lowest BCUT2D eigenvalue weighted by Crippen LogP contribution is -2.47. The topological polar surface area (TPSA) is 106 Å². The lowest BCUT2D eigenvalue weighted by atomic mass is 9.87. The average Bonchev–Trinajstić information content (AvgIpc) is 2.75. The summed E-state index contributed by atoms with van der Waals surface area (Å²) >= 11 is 5.81. The Balaban J connectivity index is 1.86. The predicted molar refractivity (Wildman–Crippen MR) is 125 cm³/mol. The zero-order valence-corrected chi connectivity index (χ0v) is 21.3. The van der Waals surface area contributed by atoms with Crippen LogP contribution < -0.4 is 4.18 Å². The third kappa shape index (κ3) is 7.01. The molecule has 36 heavy (non-hydrogen) atoms. The third-order valence-electron chi connectivity index (χ3n) is 5.44. The number of aromatic nitrogens is 1. The third-order valence-corrected chi connectivity index (χ3v) is 6.65. The zero-order valence-electron chi connectivity index (χ0n) is 19.8. The molecule has 8 nitrogen and oxygen atoms in total. The molecule has 2 aromatic rings. The summed E-state index contributed by atoms with van der Waals surface area (Å²) in [6.07, 6.45) is 0.729. The summed E-state index contributed by atoms with van der Waals surface area (Å²) < 4.78 is 70.8. The average molecular weight is 551 g/mol. The van der Waals surface area contributed by atoms with Gasteiger partial charge in [-0.3, -0.25) is 0 Å². The van der Waals surface area contributed by atoms with E-state index in [2.05, 4.69) is 9.17 Å². The van der Waals surface area contributed by atoms with Crippen molar-refractivity contribution in [2.24, 2.45) is 0 Å². The van der Waals surface area contributed by atoms with E-state index in [0.717, 1.165) is 11.6 Å². The van der Waals surface area contributed by atoms with Gasteiger partial charge in [-0.15, -0.1) is 0 Å². The van der Waals surface area contributed by atoms with Crippen molar-refractivity contribution in [3.63, 3.8) is 0 Å². The number of aryl methyl sites for hydroxylation is 1. The Hall–Kier alpha value is -2.57. The standard InChI is InChI=1S/C23H26ClF3N2O6S/c1-22(2,3)34-21(31)29(13-19(30)15-6-9-20(24)28-12-15)17-7-4-14-5-8-18(11-16(14)10-17)35-36(32,33)23(25,26)27/h5-6,8-9,11-12,17,19,30H,4,7,10,13H2,1-3H3/t17?,19-/m0/s1. The number of fused-ring (bicyclic) bond motifs is 1. The molecule has 1 aromatic heterocycles. The summed E-state index contributed by atoms with van der Waals surface area (Å²) in [5.41, 5.74) is -4.64. The molecule has 1 aliphatic carbocycles. The van der Waals surface area contributed by atoms with Crippen LogP contribution in [0, 0.1) is 0 Å². The van der Waals surface area contributed by atoms with Crippen LogP contribution >= 0.6 is 11.6 Å². The second-order valence-corrected chi connectivity index (χ2v) is 11.3. The van der Waals surface area contributed by atoms with Gasteiger partial charge in [0.1, 0.15) is 16.5 Å². The minimum Gasteiger partial charge on any atom is -0.444 e. The Morgan fingerprint density at radius 3 is 2.50 bits per heavy atom. The number of aliphatic hydroxyl groups excluding tert-OH is 1. The van der Waals surface area contributed by atoms with Crippen LogP contribution in [0.25, 0.3) is 0 Å². The number of alkyl halides is 3. The quantitative estimate of drug-likeness (QED) is 0.313. The molecule has 0 saturated carbocycles. The van der Waals surface area contributed by atoms with E-state index in [4.69, 9.17) is 16.3 Å². The maximum atomic E-state index is 13.1. The molecule has 1 aromatic carbocycles. The largest absolute Gasteiger partial charge is 0.534 e. The molecule has 0 spiro atoms. The van der Waals surface area contributed by atoms with Gasteiger partial charge in [0.25, 0.3) is 0 Å². The van der Waals surface area contributed by atoms with E-state index in [1.165, 1.54) is 29.3 Å². The monoisotopic (exact) mass is 550 g/mol. The van der Waals surface area contributed by atoms with Gasteiger partial charge in [-0.05, 0) is 69.4 Å². The van der Waals surface area contributed by atoms with Crippen LogP contribution in [0.3, 0.4) is 0 Å². The zero-order chi connectivity index (χ0) is 26.9. The number of rotatable bonds is 6. The van der Waals surface area contributed by atoms with Gasteiger partial charge < -0.3 is 18.9 Å². The maximum Gasteiger partial charge on any atom is 0.534 e. The van der Waals surface area contributed by atoms with Crippen molar-refractivity contribution in [2.75, 3.05) is 6.54 Å². The van der Waals surface area contributed by atoms with E-state index in [1.807, 2.05) is 0 Å². The molecule has 1 heterocycles. The molecule has 0 bridgehead atoms. The molecule has 0 radical (unpaired) electrons. The number of carbonyl (C=O) groups excluding carboxylic acids is 1. The van der Waals surface area contributed by atoms with Gasteiger partial charge in [0, 0.05) is 17.8 Å². The minimum absolute atomic E-state index is 0.142. The van der Waals surface area contributed by atoms with Crippen molar-refractivity contribution >= 4 is 27.8 Å². The van der Waals surface area contributed by atoms with E-state index in [9.17, 15) is 31.5 Å². The summed E-state index contributed by atoms with van der Waals surface area (Å²) in [4.78, 5) is 18.4. The Morgan fingerprint density at radius 2 is 1.92 bits per heavy atom. The molecule has 2 atom stereocenters. The SMILES string of the molecule is CC(C)(C)OC(=O)N(C[C@H](O)c1ccc(Cl)nc1)C1CCc2ccc(OS(=O)(=O)C(F)(F)F)cc2C1. The van der Waals surface area contributed by atoms with Crippen LogP contribution in [-0.2, 0) is 27.7 Å². The van der Waals surface area contributed by atoms with Crippen molar-refractivity contribution in [3.05, 3.63) is 58.4 Å². The molecule has 0 fully saturated rings. The van der Waals surface area contributed by atoms with E-state index in [1.54, 1.807) is 26.8 Å². The second kappa shape index (κ2) is 10.4. The Labute approximate surface area is 212 Å². The first-order valence-electron chi connectivity index (χ1n) is 11.0. The fourth-order valence-corrected chi connectivity index (χ4v) is 4.34. The van der Waals surface area contributed by atoms with Crippen LogP contribution in [0.2, 0.25) is 5.15 Å². The first-order valence-corrected chi connectivity index (χ1v) is 12.8. The smallest absolute Gasteiger partial charge is 0.444 e. The molecule has 0 aliphatic heterocycles. The molecule has 1 unspecified atom stereocenters. The summed E-state index contributed by atoms with van der Waals surface area (Å²) in [6.45, 7) is 4.95. The molecule has 0 saturated heterocycles. The van der Waals surface area contributed by atoms with Crippen molar-refractivity contribution in [3.8, 4) is 5.75 Å². The van der Waals surface area contributed by atoms with Crippen molar-refractivity contribution < 1.29 is 40.4 Å². The van der Waals surface area contributed by atoms with Crippen LogP contribution in [-0.4, -0.2) is 53.2 Å². The van der Waals surface area contributed by atoms with Crippen LogP contribution in [0.15, 0.2) is 36.5 Å². The summed E-state index contributed by atoms with van der Waals surface area (Å²) in [7, 11) is -5.82. The van der Waals surface area contributed by atoms with Crippen LogP contribution in [0.4, 0.5) is 18.0 Å². The lowest BCUT2D eigenvalue weighted by Gasteiger charge is -2.37. The Kier molecular flexibility index (Phi) is 8.11. The lowest BCUT2D eigenvalue weighted by molar-refractivity contribution is -0.0500. The van der Waals surface area contributed by atoms with Gasteiger partial charge >= 0.3 is 21.7 Å². The van der Waals surface area contributed by atoms with E-state index < -0.39 is 45.2 Å². The van der Waals surface area contributed by atoms with E-state index in [-0.39, 0.29) is 18.1 Å². The van der Waals surface area contributed by atoms with Gasteiger partial charge in [0.15, 0.2) is 0 Å². The number of benzene rings is 1. The molecule has 1 amide bonds. The molecule has 1 N–H and O–H groups in total. The number of hydrogen-bond donors (Lipinski definition) is 1. The fraction of sp³-hybridized carbons (Fsp3) is 0.478. The summed E-state index contributed by atoms with van der Waals surface area (Å²) in [5, 5.41) is 11.0. The van der Waals surface area contributed by atoms with Crippen LogP contribution in [0.5, 0.6) is 5.75 Å². The van der Waals surface area contributed by atoms with Gasteiger partial charge in [0.2, 0.25) is 0 Å². The number of carbonyl (C=O) groups is 1. The van der Waals surface area contributed by atoms with Gasteiger partial charge in [-0.2, -0.15) is 21.6 Å². The number of hydrogen-bond acceptors (Lipinski definition) is 7. The highest BCUT2D eigenvalue weighted by atomic mass is 35.5. The minimum atomic E-state index is -5.82. The van der Waals surface area contributed by atoms with Crippen LogP contribution in [0.1, 0.15) is 50.0 Å². The van der Waals surface area contributed by atoms with Crippen molar-refractivity contribution in [1.82, 2.24) is 9.88 Å². The van der Waals surface area contributed by atoms with E-state index >= 15 is 0 Å². The number of ether oxygens (including phenoxy) is 1. The number of halogens is 4. The van der Waals surface area contributed by atoms with Gasteiger partial charge in [-0.1, -0.05) is 23.7 Å². The number of pyridine rings is 1. The normalized spacial score (nSPS) is 17.2. The van der Waals surface area contributed by atoms with Gasteiger partial charge in [-0.25, -0.2) is 9.78 Å². The molecule has 3 rings (SSSR count). The number of amides is 1. The molecule has 1 aliphatic rings. The number of aliphatic hydroxyl groups is 1. The Bertz CT molecular complexity index is 1200. The predicted octanol–water partition coefficient (Wildman–Crippen LogP) is 4.79. The first kappa shape index (κ1) is 28.0. The summed E-state index contributed by atoms with van der Waals surface area (Å²) in [6, 6.07) is 6.47. The number of nitrogens with zero attached hydrogens (tertiary/aromatic N) is 2. The first-order chi connectivity index (χ1) is 16.6. The van der Waals surface area contributed by atoms with Crippen molar-refractivity contribution in [2.45, 2.75) is 63.3 Å². The van der Waals surface area contributed by atoms with E-state index in [0.29, 0.717) is 24.0 Å². The highest BCUT2D eigenvalue weighted by Gasteiger charge is 2.48. The second-order valence-electron chi connectivity index (χ2n) is 9.37. The molecule has 198 valence electrons. The maximum absolute atomic E-state index is 13.1. The van der Waals surface area contributed by atoms with Gasteiger partial charge in [0.05, 0.1) is 12.6 Å². The highest BCUT2D eigenvalue weighted by molar-refractivity contribution is 7.88. The summed E-state index contributed by atoms with van der Waals surface area (Å²) in [5.74, 6) is -0.484. The molecular formula is C23H26ClF3N2O6S. The highest BCUT2D eigenvalue weighted by Crippen LogP contribution is 2.32. The fourth-order valence-electron chi connectivity index (χ4n) is 3.78. The Morgan fingerprint density at radius 1 is 1.22 bits per heavy atom. The molecule has 13 heteroatoms. The molecular weight excluding hydrogens is 525 g/mol. The van der Waals surface area contributed by atoms with Crippen molar-refractivity contribution in [1.29, 1.82) is 0 Å².